The van der Waals surface area contributed by atoms with E-state index in [1.165, 1.54) is 0 Å². The van der Waals surface area contributed by atoms with Crippen molar-refractivity contribution in [2.75, 3.05) is 13.1 Å². The van der Waals surface area contributed by atoms with Crippen molar-refractivity contribution in [2.45, 2.75) is 18.8 Å². The lowest BCUT2D eigenvalue weighted by molar-refractivity contribution is 0.0706. The van der Waals surface area contributed by atoms with Crippen LogP contribution >= 0.6 is 0 Å². The Morgan fingerprint density at radius 1 is 1.10 bits per heavy atom. The predicted octanol–water partition coefficient (Wildman–Crippen LogP) is 3.07. The van der Waals surface area contributed by atoms with Gasteiger partial charge in [-0.25, -0.2) is 4.98 Å². The molecule has 0 radical (unpaired) electrons. The number of amides is 1. The summed E-state index contributed by atoms with van der Waals surface area (Å²) in [6, 6.07) is 13.8. The maximum absolute atomic E-state index is 13.2. The van der Waals surface area contributed by atoms with Crippen LogP contribution in [-0.4, -0.2) is 53.8 Å². The van der Waals surface area contributed by atoms with Crippen molar-refractivity contribution in [1.29, 1.82) is 0 Å². The first kappa shape index (κ1) is 18.2. The number of nitrogens with zero attached hydrogens (tertiary/aromatic N) is 6. The van der Waals surface area contributed by atoms with Crippen molar-refractivity contribution in [3.05, 3.63) is 78.8 Å². The third-order valence-corrected chi connectivity index (χ3v) is 5.55. The summed E-state index contributed by atoms with van der Waals surface area (Å²) in [6.45, 7) is 1.40. The molecule has 0 bridgehead atoms. The predicted molar refractivity (Wildman–Crippen MR) is 111 cm³/mol. The second-order valence-corrected chi connectivity index (χ2v) is 7.43. The Kier molecular flexibility index (Phi) is 4.80. The molecule has 8 heteroatoms. The monoisotopic (exact) mass is 399 g/mol. The van der Waals surface area contributed by atoms with Crippen molar-refractivity contribution in [3.8, 4) is 16.9 Å². The Hall–Kier alpha value is -3.81. The highest BCUT2D eigenvalue weighted by atomic mass is 16.2. The molecule has 1 N–H and O–H groups in total. The normalized spacial score (nSPS) is 16.5. The number of aromatic amines is 1. The molecule has 1 fully saturated rings. The molecule has 0 aliphatic carbocycles. The molecule has 1 atom stereocenters. The van der Waals surface area contributed by atoms with Gasteiger partial charge in [0, 0.05) is 42.0 Å². The molecule has 8 nitrogen and oxygen atoms in total. The number of H-pyrrole nitrogens is 1. The number of carbonyl (C=O) groups is 1. The van der Waals surface area contributed by atoms with Gasteiger partial charge in [-0.15, -0.1) is 10.2 Å². The van der Waals surface area contributed by atoms with Crippen LogP contribution in [0.25, 0.3) is 16.9 Å². The Bertz CT molecular complexity index is 1140. The molecule has 30 heavy (non-hydrogen) atoms. The lowest BCUT2D eigenvalue weighted by Gasteiger charge is -2.33. The molecule has 1 aliphatic rings. The van der Waals surface area contributed by atoms with Gasteiger partial charge < -0.3 is 4.90 Å². The van der Waals surface area contributed by atoms with Crippen LogP contribution < -0.4 is 0 Å². The van der Waals surface area contributed by atoms with E-state index in [1.807, 2.05) is 29.3 Å². The summed E-state index contributed by atoms with van der Waals surface area (Å²) >= 11 is 0. The average Bonchev–Trinajstić information content (AvgIpc) is 3.52. The van der Waals surface area contributed by atoms with Crippen molar-refractivity contribution >= 4 is 5.91 Å². The lowest BCUT2D eigenvalue weighted by atomic mass is 9.90. The van der Waals surface area contributed by atoms with E-state index in [0.717, 1.165) is 36.2 Å². The largest absolute Gasteiger partial charge is 0.338 e. The first-order valence-corrected chi connectivity index (χ1v) is 9.98. The van der Waals surface area contributed by atoms with Crippen molar-refractivity contribution in [2.24, 2.45) is 0 Å². The molecular weight excluding hydrogens is 378 g/mol. The molecule has 0 saturated carbocycles. The highest BCUT2D eigenvalue weighted by Gasteiger charge is 2.28. The zero-order chi connectivity index (χ0) is 20.3. The summed E-state index contributed by atoms with van der Waals surface area (Å²) in [5.41, 5.74) is 3.95. The lowest BCUT2D eigenvalue weighted by Crippen LogP contribution is -2.39. The highest BCUT2D eigenvalue weighted by molar-refractivity contribution is 5.94. The zero-order valence-electron chi connectivity index (χ0n) is 16.3. The molecule has 1 saturated heterocycles. The third-order valence-electron chi connectivity index (χ3n) is 5.55. The van der Waals surface area contributed by atoms with E-state index in [9.17, 15) is 4.79 Å². The minimum Gasteiger partial charge on any atom is -0.338 e. The Morgan fingerprint density at radius 2 is 1.93 bits per heavy atom. The number of piperidine rings is 1. The van der Waals surface area contributed by atoms with Gasteiger partial charge in [0.1, 0.15) is 18.5 Å². The van der Waals surface area contributed by atoms with Gasteiger partial charge in [0.2, 0.25) is 0 Å². The molecule has 1 aliphatic heterocycles. The average molecular weight is 399 g/mol. The molecule has 150 valence electrons. The van der Waals surface area contributed by atoms with E-state index in [4.69, 9.17) is 0 Å². The van der Waals surface area contributed by atoms with Gasteiger partial charge in [0.15, 0.2) is 0 Å². The van der Waals surface area contributed by atoms with Gasteiger partial charge in [0.05, 0.1) is 6.20 Å². The quantitative estimate of drug-likeness (QED) is 0.569. The minimum atomic E-state index is 0.0113. The summed E-state index contributed by atoms with van der Waals surface area (Å²) in [4.78, 5) is 19.5. The summed E-state index contributed by atoms with van der Waals surface area (Å²) in [7, 11) is 0. The van der Waals surface area contributed by atoms with Crippen LogP contribution in [0, 0.1) is 0 Å². The Balaban J connectivity index is 1.37. The van der Waals surface area contributed by atoms with Crippen LogP contribution in [0.4, 0.5) is 0 Å². The van der Waals surface area contributed by atoms with Gasteiger partial charge in [-0.1, -0.05) is 30.3 Å². The molecule has 1 amide bonds. The number of likely N-dealkylation sites (tertiary alicyclic amines) is 1. The number of benzene rings is 1. The van der Waals surface area contributed by atoms with E-state index in [0.29, 0.717) is 17.9 Å². The summed E-state index contributed by atoms with van der Waals surface area (Å²) in [5, 5.41) is 15.1. The fourth-order valence-electron chi connectivity index (χ4n) is 4.05. The van der Waals surface area contributed by atoms with E-state index in [-0.39, 0.29) is 11.8 Å². The maximum Gasteiger partial charge on any atom is 0.254 e. The van der Waals surface area contributed by atoms with Gasteiger partial charge in [-0.3, -0.25) is 14.5 Å². The number of aromatic nitrogens is 6. The fourth-order valence-corrected chi connectivity index (χ4v) is 4.05. The summed E-state index contributed by atoms with van der Waals surface area (Å²) in [6.07, 6.45) is 8.63. The van der Waals surface area contributed by atoms with E-state index >= 15 is 0 Å². The van der Waals surface area contributed by atoms with Crippen LogP contribution in [0.3, 0.4) is 0 Å². The maximum atomic E-state index is 13.2. The van der Waals surface area contributed by atoms with Gasteiger partial charge in [-0.05, 0) is 30.5 Å². The molecule has 0 spiro atoms. The summed E-state index contributed by atoms with van der Waals surface area (Å²) < 4.78 is 1.69. The Morgan fingerprint density at radius 3 is 2.77 bits per heavy atom. The number of hydrogen-bond acceptors (Lipinski definition) is 5. The first-order valence-electron chi connectivity index (χ1n) is 9.98. The number of pyridine rings is 1. The second kappa shape index (κ2) is 7.90. The third kappa shape index (κ3) is 3.47. The van der Waals surface area contributed by atoms with Crippen LogP contribution in [0.1, 0.15) is 34.8 Å². The van der Waals surface area contributed by atoms with E-state index in [1.54, 1.807) is 35.6 Å². The number of rotatable bonds is 4. The Labute approximate surface area is 173 Å². The molecule has 4 aromatic rings. The first-order chi connectivity index (χ1) is 14.8. The summed E-state index contributed by atoms with van der Waals surface area (Å²) in [5.74, 6) is 0.858. The smallest absolute Gasteiger partial charge is 0.254 e. The molecular formula is C22H21N7O. The van der Waals surface area contributed by atoms with Crippen LogP contribution in [0.15, 0.2) is 67.5 Å². The van der Waals surface area contributed by atoms with Crippen molar-refractivity contribution in [3.63, 3.8) is 0 Å². The fraction of sp³-hybridized carbons (Fsp3) is 0.227. The second-order valence-electron chi connectivity index (χ2n) is 7.43. The topological polar surface area (TPSA) is 92.6 Å². The van der Waals surface area contributed by atoms with Gasteiger partial charge in [-0.2, -0.15) is 5.10 Å². The highest BCUT2D eigenvalue weighted by Crippen LogP contribution is 2.33. The van der Waals surface area contributed by atoms with Crippen LogP contribution in [-0.2, 0) is 0 Å². The van der Waals surface area contributed by atoms with Crippen LogP contribution in [0.5, 0.6) is 0 Å². The van der Waals surface area contributed by atoms with Gasteiger partial charge in [0.25, 0.3) is 5.91 Å². The standard InChI is InChI=1S/C22H21N7O/c30-22(17-8-9-23-20(11-17)29-14-25-26-15-29)28-10-4-7-18(13-28)21-19(12-24-27-21)16-5-2-1-3-6-16/h1-3,5-6,8-9,11-12,14-15,18H,4,7,10,13H2,(H,24,27). The van der Waals surface area contributed by atoms with E-state index in [2.05, 4.69) is 37.5 Å². The van der Waals surface area contributed by atoms with Gasteiger partial charge >= 0.3 is 0 Å². The van der Waals surface area contributed by atoms with Crippen LogP contribution in [0.2, 0.25) is 0 Å². The zero-order valence-corrected chi connectivity index (χ0v) is 16.3. The molecule has 5 rings (SSSR count). The van der Waals surface area contributed by atoms with Crippen molar-refractivity contribution in [1.82, 2.24) is 34.8 Å². The minimum absolute atomic E-state index is 0.0113. The molecule has 4 heterocycles. The van der Waals surface area contributed by atoms with E-state index < -0.39 is 0 Å². The number of nitrogens with one attached hydrogen (secondary N) is 1. The molecule has 3 aromatic heterocycles. The number of hydrogen-bond donors (Lipinski definition) is 1. The number of carbonyl (C=O) groups excluding carboxylic acids is 1. The molecule has 1 unspecified atom stereocenters. The SMILES string of the molecule is O=C(c1ccnc(-n2cnnc2)c1)N1CCCC(c2[nH]ncc2-c2ccccc2)C1. The molecule has 1 aromatic carbocycles. The van der Waals surface area contributed by atoms with Crippen molar-refractivity contribution < 1.29 is 4.79 Å².